The summed E-state index contributed by atoms with van der Waals surface area (Å²) in [5.41, 5.74) is -0.282. The Hall–Kier alpha value is -2.09. The van der Waals surface area contributed by atoms with E-state index in [9.17, 15) is 24.9 Å². The zero-order chi connectivity index (χ0) is 19.0. The Morgan fingerprint density at radius 2 is 1.85 bits per heavy atom. The summed E-state index contributed by atoms with van der Waals surface area (Å²) in [5.74, 6) is -2.26. The van der Waals surface area contributed by atoms with Crippen molar-refractivity contribution in [3.63, 3.8) is 0 Å². The zero-order valence-electron chi connectivity index (χ0n) is 14.0. The number of hydrogen-bond acceptors (Lipinski definition) is 7. The number of ether oxygens (including phenoxy) is 2. The van der Waals surface area contributed by atoms with Gasteiger partial charge in [0.15, 0.2) is 5.78 Å². The van der Waals surface area contributed by atoms with Gasteiger partial charge in [0, 0.05) is 30.9 Å². The van der Waals surface area contributed by atoms with Crippen LogP contribution in [0.1, 0.15) is 35.7 Å². The second-order valence-corrected chi connectivity index (χ2v) is 6.93. The van der Waals surface area contributed by atoms with E-state index in [4.69, 9.17) is 21.1 Å². The minimum atomic E-state index is -0.845. The van der Waals surface area contributed by atoms with Gasteiger partial charge in [0.2, 0.25) is 0 Å². The van der Waals surface area contributed by atoms with Crippen LogP contribution >= 0.6 is 11.6 Å². The average Bonchev–Trinajstić information content (AvgIpc) is 3.26. The molecule has 1 fully saturated rings. The lowest BCUT2D eigenvalue weighted by Crippen LogP contribution is -2.20. The molecule has 1 aromatic rings. The smallest absolute Gasteiger partial charge is 0.342 e. The molecule has 2 aliphatic rings. The molecule has 4 atom stereocenters. The average molecular weight is 383 g/mol. The molecule has 0 aromatic heterocycles. The molecule has 0 amide bonds. The number of aromatic hydroxyl groups is 2. The fraction of sp³-hybridized carbons (Fsp3) is 0.444. The molecule has 3 N–H and O–H groups in total. The number of carbonyl (C=O) groups excluding carboxylic acids is 2. The molecular weight excluding hydrogens is 364 g/mol. The van der Waals surface area contributed by atoms with Crippen molar-refractivity contribution in [3.05, 3.63) is 34.4 Å². The van der Waals surface area contributed by atoms with Crippen LogP contribution in [0.5, 0.6) is 11.5 Å². The normalized spacial score (nSPS) is 30.6. The third-order valence-corrected chi connectivity index (χ3v) is 4.84. The molecule has 2 aliphatic heterocycles. The summed E-state index contributed by atoms with van der Waals surface area (Å²) >= 11 is 6.05. The van der Waals surface area contributed by atoms with Gasteiger partial charge in [-0.2, -0.15) is 0 Å². The summed E-state index contributed by atoms with van der Waals surface area (Å²) in [4.78, 5) is 24.7. The van der Waals surface area contributed by atoms with Gasteiger partial charge in [0.25, 0.3) is 0 Å². The second-order valence-electron chi connectivity index (χ2n) is 6.55. The highest BCUT2D eigenvalue weighted by atomic mass is 35.5. The molecule has 7 nitrogen and oxygen atoms in total. The molecule has 0 aliphatic carbocycles. The fourth-order valence-corrected chi connectivity index (χ4v) is 3.27. The number of phenols is 2. The Morgan fingerprint density at radius 1 is 1.15 bits per heavy atom. The van der Waals surface area contributed by atoms with Crippen LogP contribution in [0.3, 0.4) is 0 Å². The maximum absolute atomic E-state index is 12.5. The standard InChI is InChI=1S/C18H19ClO7/c1-8-4-14-15(26-14)6-10(21)3-2-9(20)5-11-16(18(24)25-8)12(22)7-13(23)17(11)19/h2-3,7-8,10,14-15,21-23H,4-6H2,1H3/b3-2-/t8-,10+,14+,15+/m0/s1. The molecule has 140 valence electrons. The highest BCUT2D eigenvalue weighted by Gasteiger charge is 2.41. The number of cyclic esters (lactones) is 1. The Bertz CT molecular complexity index is 773. The molecule has 0 unspecified atom stereocenters. The van der Waals surface area contributed by atoms with Crippen LogP contribution in [0.25, 0.3) is 0 Å². The number of phenolic OH excluding ortho intramolecular Hbond substituents is 2. The Kier molecular flexibility index (Phi) is 5.22. The number of epoxide rings is 1. The van der Waals surface area contributed by atoms with E-state index in [2.05, 4.69) is 0 Å². The van der Waals surface area contributed by atoms with Gasteiger partial charge in [0.05, 0.1) is 23.3 Å². The predicted octanol–water partition coefficient (Wildman–Crippen LogP) is 1.89. The first-order chi connectivity index (χ1) is 12.3. The zero-order valence-corrected chi connectivity index (χ0v) is 14.8. The summed E-state index contributed by atoms with van der Waals surface area (Å²) in [6, 6.07) is 0.931. The molecule has 3 rings (SSSR count). The number of allylic oxidation sites excluding steroid dienone is 1. The lowest BCUT2D eigenvalue weighted by Gasteiger charge is -2.17. The quantitative estimate of drug-likeness (QED) is 0.463. The van der Waals surface area contributed by atoms with Crippen LogP contribution in [0, 0.1) is 0 Å². The summed E-state index contributed by atoms with van der Waals surface area (Å²) in [7, 11) is 0. The van der Waals surface area contributed by atoms with Crippen molar-refractivity contribution in [2.45, 2.75) is 50.6 Å². The van der Waals surface area contributed by atoms with Gasteiger partial charge in [-0.25, -0.2) is 4.79 Å². The molecule has 0 bridgehead atoms. The number of carbonyl (C=O) groups is 2. The number of aliphatic hydroxyl groups is 1. The van der Waals surface area contributed by atoms with Crippen molar-refractivity contribution < 1.29 is 34.4 Å². The predicted molar refractivity (Wildman–Crippen MR) is 91.4 cm³/mol. The van der Waals surface area contributed by atoms with Crippen molar-refractivity contribution in [1.82, 2.24) is 0 Å². The van der Waals surface area contributed by atoms with Gasteiger partial charge in [-0.3, -0.25) is 4.79 Å². The van der Waals surface area contributed by atoms with Gasteiger partial charge in [0.1, 0.15) is 23.2 Å². The van der Waals surface area contributed by atoms with Gasteiger partial charge in [-0.05, 0) is 13.0 Å². The molecule has 1 aromatic carbocycles. The van der Waals surface area contributed by atoms with E-state index in [1.54, 1.807) is 6.92 Å². The van der Waals surface area contributed by atoms with Crippen LogP contribution in [0.15, 0.2) is 18.2 Å². The van der Waals surface area contributed by atoms with Crippen molar-refractivity contribution in [2.75, 3.05) is 0 Å². The number of esters is 1. The second kappa shape index (κ2) is 7.26. The molecule has 0 spiro atoms. The van der Waals surface area contributed by atoms with Gasteiger partial charge >= 0.3 is 5.97 Å². The monoisotopic (exact) mass is 382 g/mol. The van der Waals surface area contributed by atoms with Crippen molar-refractivity contribution in [1.29, 1.82) is 0 Å². The molecular formula is C18H19ClO7. The lowest BCUT2D eigenvalue weighted by atomic mass is 9.99. The maximum atomic E-state index is 12.5. The number of halogens is 1. The topological polar surface area (TPSA) is 117 Å². The maximum Gasteiger partial charge on any atom is 0.342 e. The number of ketones is 1. The van der Waals surface area contributed by atoms with Crippen LogP contribution in [-0.2, 0) is 20.7 Å². The van der Waals surface area contributed by atoms with E-state index < -0.39 is 35.5 Å². The van der Waals surface area contributed by atoms with E-state index in [0.29, 0.717) is 12.8 Å². The number of hydrogen-bond donors (Lipinski definition) is 3. The summed E-state index contributed by atoms with van der Waals surface area (Å²) < 4.78 is 10.8. The third kappa shape index (κ3) is 4.00. The van der Waals surface area contributed by atoms with Crippen LogP contribution in [0.4, 0.5) is 0 Å². The molecule has 8 heteroatoms. The van der Waals surface area contributed by atoms with Crippen LogP contribution in [-0.4, -0.2) is 51.5 Å². The number of benzene rings is 1. The number of fused-ring (bicyclic) bond motifs is 2. The van der Waals surface area contributed by atoms with Gasteiger partial charge in [-0.15, -0.1) is 0 Å². The van der Waals surface area contributed by atoms with E-state index in [0.717, 1.165) is 6.07 Å². The Balaban J connectivity index is 1.99. The minimum Gasteiger partial charge on any atom is -0.507 e. The number of aliphatic hydroxyl groups excluding tert-OH is 1. The molecule has 1 saturated heterocycles. The van der Waals surface area contributed by atoms with Gasteiger partial charge < -0.3 is 24.8 Å². The summed E-state index contributed by atoms with van der Waals surface area (Å²) in [6.45, 7) is 1.68. The van der Waals surface area contributed by atoms with E-state index in [1.807, 2.05) is 0 Å². The first-order valence-electron chi connectivity index (χ1n) is 8.25. The Morgan fingerprint density at radius 3 is 2.58 bits per heavy atom. The SMILES string of the molecule is C[C@H]1C[C@H]2O[C@@H]2C[C@H](O)/C=C\C(=O)Cc2c(Cl)c(O)cc(O)c2C(=O)O1. The summed E-state index contributed by atoms with van der Waals surface area (Å²) in [5, 5.41) is 29.7. The number of rotatable bonds is 0. The molecule has 26 heavy (non-hydrogen) atoms. The largest absolute Gasteiger partial charge is 0.507 e. The summed E-state index contributed by atoms with van der Waals surface area (Å²) in [6.07, 6.45) is 1.32. The minimum absolute atomic E-state index is 0.0249. The van der Waals surface area contributed by atoms with Crippen LogP contribution < -0.4 is 0 Å². The van der Waals surface area contributed by atoms with Crippen molar-refractivity contribution in [2.24, 2.45) is 0 Å². The van der Waals surface area contributed by atoms with Crippen molar-refractivity contribution >= 4 is 23.4 Å². The molecule has 0 radical (unpaired) electrons. The molecule has 0 saturated carbocycles. The van der Waals surface area contributed by atoms with Crippen molar-refractivity contribution in [3.8, 4) is 11.5 Å². The first kappa shape index (κ1) is 18.7. The highest BCUT2D eigenvalue weighted by molar-refractivity contribution is 6.33. The Labute approximate surface area is 154 Å². The lowest BCUT2D eigenvalue weighted by molar-refractivity contribution is -0.114. The van der Waals surface area contributed by atoms with E-state index >= 15 is 0 Å². The molecule has 2 heterocycles. The first-order valence-corrected chi connectivity index (χ1v) is 8.63. The fourth-order valence-electron chi connectivity index (χ4n) is 3.06. The van der Waals surface area contributed by atoms with E-state index in [1.165, 1.54) is 12.2 Å². The van der Waals surface area contributed by atoms with E-state index in [-0.39, 0.29) is 34.8 Å². The highest BCUT2D eigenvalue weighted by Crippen LogP contribution is 2.38. The third-order valence-electron chi connectivity index (χ3n) is 4.41. The van der Waals surface area contributed by atoms with Gasteiger partial charge in [-0.1, -0.05) is 17.7 Å². The van der Waals surface area contributed by atoms with Crippen LogP contribution in [0.2, 0.25) is 5.02 Å².